The van der Waals surface area contributed by atoms with E-state index in [1.807, 2.05) is 12.1 Å². The Labute approximate surface area is 115 Å². The normalized spacial score (nSPS) is 10.3. The highest BCUT2D eigenvalue weighted by atomic mass is 35.5. The molecule has 3 nitrogen and oxygen atoms in total. The average molecular weight is 279 g/mol. The molecule has 0 radical (unpaired) electrons. The van der Waals surface area contributed by atoms with Crippen molar-refractivity contribution in [1.82, 2.24) is 9.88 Å². The van der Waals surface area contributed by atoms with Gasteiger partial charge in [-0.1, -0.05) is 23.7 Å². The lowest BCUT2D eigenvalue weighted by molar-refractivity contribution is 0.0779. The van der Waals surface area contributed by atoms with E-state index >= 15 is 0 Å². The maximum atomic E-state index is 13.4. The molecule has 0 saturated carbocycles. The van der Waals surface area contributed by atoms with Crippen LogP contribution in [0.4, 0.5) is 4.39 Å². The average Bonchev–Trinajstić information content (AvgIpc) is 2.41. The highest BCUT2D eigenvalue weighted by Crippen LogP contribution is 2.13. The lowest BCUT2D eigenvalue weighted by atomic mass is 10.2. The molecular formula is C14H12ClFN2O. The summed E-state index contributed by atoms with van der Waals surface area (Å²) in [5.74, 6) is -1.16. The monoisotopic (exact) mass is 278 g/mol. The van der Waals surface area contributed by atoms with Gasteiger partial charge in [-0.25, -0.2) is 4.98 Å². The third-order valence-corrected chi connectivity index (χ3v) is 2.92. The summed E-state index contributed by atoms with van der Waals surface area (Å²) in [6, 6.07) is 10.1. The molecule has 0 spiro atoms. The number of hydrogen-bond donors (Lipinski definition) is 0. The van der Waals surface area contributed by atoms with Crippen LogP contribution in [0.3, 0.4) is 0 Å². The number of carbonyl (C=O) groups is 1. The standard InChI is InChI=1S/C14H12ClFN2O/c1-18(9-10-4-6-11(15)7-5-10)14(19)12-3-2-8-17-13(12)16/h2-8H,9H2,1H3. The van der Waals surface area contributed by atoms with Gasteiger partial charge < -0.3 is 4.90 Å². The molecule has 5 heteroatoms. The second kappa shape index (κ2) is 5.80. The van der Waals surface area contributed by atoms with Gasteiger partial charge >= 0.3 is 0 Å². The fraction of sp³-hybridized carbons (Fsp3) is 0.143. The predicted molar refractivity (Wildman–Crippen MR) is 71.4 cm³/mol. The molecule has 1 amide bonds. The lowest BCUT2D eigenvalue weighted by Crippen LogP contribution is -2.27. The molecule has 0 unspecified atom stereocenters. The van der Waals surface area contributed by atoms with Crippen molar-refractivity contribution in [2.24, 2.45) is 0 Å². The molecule has 1 aromatic heterocycles. The van der Waals surface area contributed by atoms with Crippen LogP contribution in [-0.2, 0) is 6.54 Å². The number of benzene rings is 1. The second-order valence-electron chi connectivity index (χ2n) is 4.13. The summed E-state index contributed by atoms with van der Waals surface area (Å²) < 4.78 is 13.4. The molecule has 98 valence electrons. The Bertz CT molecular complexity index is 586. The van der Waals surface area contributed by atoms with E-state index < -0.39 is 11.9 Å². The van der Waals surface area contributed by atoms with Crippen LogP contribution < -0.4 is 0 Å². The first-order chi connectivity index (χ1) is 9.08. The van der Waals surface area contributed by atoms with Gasteiger partial charge in [-0.05, 0) is 29.8 Å². The first-order valence-electron chi connectivity index (χ1n) is 5.68. The quantitative estimate of drug-likeness (QED) is 0.808. The fourth-order valence-corrected chi connectivity index (χ4v) is 1.81. The van der Waals surface area contributed by atoms with Gasteiger partial charge in [0.2, 0.25) is 5.95 Å². The van der Waals surface area contributed by atoms with Crippen molar-refractivity contribution in [2.75, 3.05) is 7.05 Å². The summed E-state index contributed by atoms with van der Waals surface area (Å²) in [4.78, 5) is 17.0. The number of hydrogen-bond acceptors (Lipinski definition) is 2. The van der Waals surface area contributed by atoms with Crippen molar-refractivity contribution in [1.29, 1.82) is 0 Å². The summed E-state index contributed by atoms with van der Waals surface area (Å²) in [5.41, 5.74) is 0.892. The van der Waals surface area contributed by atoms with E-state index in [-0.39, 0.29) is 5.56 Å². The molecule has 1 heterocycles. The molecule has 0 aliphatic heterocycles. The molecule has 2 aromatic rings. The van der Waals surface area contributed by atoms with Crippen molar-refractivity contribution in [2.45, 2.75) is 6.54 Å². The van der Waals surface area contributed by atoms with Crippen LogP contribution in [-0.4, -0.2) is 22.8 Å². The van der Waals surface area contributed by atoms with Crippen LogP contribution in [0, 0.1) is 5.95 Å². The molecule has 0 fully saturated rings. The highest BCUT2D eigenvalue weighted by Gasteiger charge is 2.16. The number of rotatable bonds is 3. The van der Waals surface area contributed by atoms with E-state index in [2.05, 4.69) is 4.98 Å². The van der Waals surface area contributed by atoms with Gasteiger partial charge in [-0.15, -0.1) is 0 Å². The number of nitrogens with zero attached hydrogens (tertiary/aromatic N) is 2. The number of halogens is 2. The third-order valence-electron chi connectivity index (χ3n) is 2.67. The molecule has 2 rings (SSSR count). The minimum Gasteiger partial charge on any atom is -0.337 e. The highest BCUT2D eigenvalue weighted by molar-refractivity contribution is 6.30. The van der Waals surface area contributed by atoms with Crippen molar-refractivity contribution in [3.05, 3.63) is 64.7 Å². The van der Waals surface area contributed by atoms with Gasteiger partial charge in [0, 0.05) is 24.8 Å². The number of amides is 1. The number of carbonyl (C=O) groups excluding carboxylic acids is 1. The summed E-state index contributed by atoms with van der Waals surface area (Å²) in [7, 11) is 1.61. The Morgan fingerprint density at radius 3 is 2.63 bits per heavy atom. The Kier molecular flexibility index (Phi) is 4.12. The zero-order chi connectivity index (χ0) is 13.8. The van der Waals surface area contributed by atoms with Crippen LogP contribution >= 0.6 is 11.6 Å². The molecule has 0 atom stereocenters. The van der Waals surface area contributed by atoms with Crippen molar-refractivity contribution < 1.29 is 9.18 Å². The van der Waals surface area contributed by atoms with Crippen LogP contribution in [0.5, 0.6) is 0 Å². The fourth-order valence-electron chi connectivity index (χ4n) is 1.69. The molecule has 0 aliphatic rings. The number of aromatic nitrogens is 1. The molecule has 0 N–H and O–H groups in total. The van der Waals surface area contributed by atoms with Gasteiger partial charge in [0.25, 0.3) is 5.91 Å². The van der Waals surface area contributed by atoms with Crippen molar-refractivity contribution in [3.63, 3.8) is 0 Å². The van der Waals surface area contributed by atoms with Gasteiger partial charge in [-0.3, -0.25) is 4.79 Å². The first kappa shape index (κ1) is 13.5. The van der Waals surface area contributed by atoms with Crippen molar-refractivity contribution in [3.8, 4) is 0 Å². The SMILES string of the molecule is CN(Cc1ccc(Cl)cc1)C(=O)c1cccnc1F. The Hall–Kier alpha value is -1.94. The maximum Gasteiger partial charge on any atom is 0.258 e. The largest absolute Gasteiger partial charge is 0.337 e. The zero-order valence-corrected chi connectivity index (χ0v) is 11.1. The summed E-state index contributed by atoms with van der Waals surface area (Å²) in [6.07, 6.45) is 1.31. The van der Waals surface area contributed by atoms with E-state index in [4.69, 9.17) is 11.6 Å². The smallest absolute Gasteiger partial charge is 0.258 e. The Balaban J connectivity index is 2.12. The summed E-state index contributed by atoms with van der Waals surface area (Å²) in [6.45, 7) is 0.379. The topological polar surface area (TPSA) is 33.2 Å². The van der Waals surface area contributed by atoms with E-state index in [0.29, 0.717) is 11.6 Å². The maximum absolute atomic E-state index is 13.4. The molecular weight excluding hydrogens is 267 g/mol. The van der Waals surface area contributed by atoms with Crippen LogP contribution in [0.25, 0.3) is 0 Å². The van der Waals surface area contributed by atoms with Crippen LogP contribution in [0.2, 0.25) is 5.02 Å². The zero-order valence-electron chi connectivity index (χ0n) is 10.3. The minimum absolute atomic E-state index is 0.0287. The molecule has 1 aromatic carbocycles. The van der Waals surface area contributed by atoms with Crippen molar-refractivity contribution >= 4 is 17.5 Å². The van der Waals surface area contributed by atoms with E-state index in [1.54, 1.807) is 19.2 Å². The van der Waals surface area contributed by atoms with Gasteiger partial charge in [0.1, 0.15) is 0 Å². The lowest BCUT2D eigenvalue weighted by Gasteiger charge is -2.17. The van der Waals surface area contributed by atoms with Gasteiger partial charge in [-0.2, -0.15) is 4.39 Å². The summed E-state index contributed by atoms with van der Waals surface area (Å²) in [5, 5.41) is 0.635. The number of pyridine rings is 1. The molecule has 0 bridgehead atoms. The van der Waals surface area contributed by atoms with E-state index in [1.165, 1.54) is 23.2 Å². The van der Waals surface area contributed by atoms with Gasteiger partial charge in [0.15, 0.2) is 0 Å². The molecule has 19 heavy (non-hydrogen) atoms. The molecule has 0 aliphatic carbocycles. The van der Waals surface area contributed by atoms with Gasteiger partial charge in [0.05, 0.1) is 5.56 Å². The Morgan fingerprint density at radius 1 is 1.32 bits per heavy atom. The molecule has 0 saturated heterocycles. The van der Waals surface area contributed by atoms with E-state index in [0.717, 1.165) is 5.56 Å². The predicted octanol–water partition coefficient (Wildman–Crippen LogP) is 3.15. The summed E-state index contributed by atoms with van der Waals surface area (Å²) >= 11 is 5.79. The van der Waals surface area contributed by atoms with Crippen LogP contribution in [0.1, 0.15) is 15.9 Å². The first-order valence-corrected chi connectivity index (χ1v) is 6.06. The second-order valence-corrected chi connectivity index (χ2v) is 4.57. The van der Waals surface area contributed by atoms with Crippen LogP contribution in [0.15, 0.2) is 42.6 Å². The Morgan fingerprint density at radius 2 is 2.00 bits per heavy atom. The van der Waals surface area contributed by atoms with E-state index in [9.17, 15) is 9.18 Å². The minimum atomic E-state index is -0.754. The third kappa shape index (κ3) is 3.29.